The molecule has 0 aromatic heterocycles. The third-order valence-electron chi connectivity index (χ3n) is 1.14. The van der Waals surface area contributed by atoms with Crippen LogP contribution >= 0.6 is 0 Å². The normalized spacial score (nSPS) is 11.3. The van der Waals surface area contributed by atoms with Crippen molar-refractivity contribution in [3.8, 4) is 0 Å². The number of hydrogen-bond donors (Lipinski definition) is 1. The molecule has 0 saturated carbocycles. The Hall–Kier alpha value is -0.370. The number of carbonyl (C=O) groups excluding carboxylic acids is 1. The van der Waals surface area contributed by atoms with E-state index in [0.29, 0.717) is 0 Å². The summed E-state index contributed by atoms with van der Waals surface area (Å²) in [4.78, 5) is 10.0. The van der Waals surface area contributed by atoms with Gasteiger partial charge in [0.2, 0.25) is 0 Å². The van der Waals surface area contributed by atoms with Gasteiger partial charge in [0.05, 0.1) is 6.04 Å². The summed E-state index contributed by atoms with van der Waals surface area (Å²) in [5.41, 5.74) is 5.09. The van der Waals surface area contributed by atoms with Crippen molar-refractivity contribution in [1.82, 2.24) is 0 Å². The minimum absolute atomic E-state index is 0.0370. The Morgan fingerprint density at radius 1 is 1.40 bits per heavy atom. The van der Waals surface area contributed by atoms with Gasteiger partial charge in [-0.25, -0.2) is 0 Å². The molecule has 1 unspecified atom stereocenters. The van der Waals surface area contributed by atoms with Crippen LogP contribution in [0.1, 0.15) is 40.5 Å². The number of Topliss-reactive ketones (excluding diaryl/α,β-unsaturated/α-hetero) is 1. The highest BCUT2D eigenvalue weighted by molar-refractivity contribution is 5.80. The average Bonchev–Trinajstić information content (AvgIpc) is 1.89. The van der Waals surface area contributed by atoms with E-state index in [-0.39, 0.29) is 11.8 Å². The van der Waals surface area contributed by atoms with E-state index in [1.165, 1.54) is 19.8 Å². The van der Waals surface area contributed by atoms with Crippen LogP contribution in [-0.2, 0) is 4.79 Å². The van der Waals surface area contributed by atoms with Gasteiger partial charge in [0.1, 0.15) is 5.78 Å². The Bertz CT molecular complexity index is 77.3. The summed E-state index contributed by atoms with van der Waals surface area (Å²) in [6.07, 6.45) is 2.64. The molecule has 10 heavy (non-hydrogen) atoms. The van der Waals surface area contributed by atoms with Crippen LogP contribution in [0.3, 0.4) is 0 Å². The lowest BCUT2D eigenvalue weighted by Gasteiger charge is -1.91. The van der Waals surface area contributed by atoms with Gasteiger partial charge in [-0.05, 0) is 13.8 Å². The molecule has 0 amide bonds. The third-order valence-corrected chi connectivity index (χ3v) is 1.14. The zero-order valence-electron chi connectivity index (χ0n) is 7.48. The van der Waals surface area contributed by atoms with Crippen molar-refractivity contribution < 1.29 is 4.79 Å². The van der Waals surface area contributed by atoms with Crippen molar-refractivity contribution in [3.63, 3.8) is 0 Å². The SMILES string of the molecule is CC(=O)C(C)N.CCCC. The molecule has 0 heterocycles. The molecule has 1 atom stereocenters. The molecule has 0 aliphatic rings. The van der Waals surface area contributed by atoms with Crippen molar-refractivity contribution in [3.05, 3.63) is 0 Å². The van der Waals surface area contributed by atoms with Crippen molar-refractivity contribution in [2.75, 3.05) is 0 Å². The summed E-state index contributed by atoms with van der Waals surface area (Å²) >= 11 is 0. The molecule has 0 rings (SSSR count). The quantitative estimate of drug-likeness (QED) is 0.643. The van der Waals surface area contributed by atoms with Gasteiger partial charge in [0.25, 0.3) is 0 Å². The van der Waals surface area contributed by atoms with Gasteiger partial charge >= 0.3 is 0 Å². The summed E-state index contributed by atoms with van der Waals surface area (Å²) in [7, 11) is 0. The van der Waals surface area contributed by atoms with Gasteiger partial charge in [0.15, 0.2) is 0 Å². The summed E-state index contributed by atoms with van der Waals surface area (Å²) in [5, 5.41) is 0. The molecule has 0 aliphatic carbocycles. The molecule has 0 aliphatic heterocycles. The van der Waals surface area contributed by atoms with Crippen LogP contribution in [0.2, 0.25) is 0 Å². The molecule has 2 heteroatoms. The third kappa shape index (κ3) is 15.6. The summed E-state index contributed by atoms with van der Waals surface area (Å²) in [6.45, 7) is 7.51. The fourth-order valence-corrected chi connectivity index (χ4v) is 0. The number of ketones is 1. The fraction of sp³-hybridized carbons (Fsp3) is 0.875. The second-order valence-electron chi connectivity index (χ2n) is 2.40. The molecule has 62 valence electrons. The molecular formula is C8H19NO. The molecular weight excluding hydrogens is 126 g/mol. The maximum Gasteiger partial charge on any atom is 0.146 e. The van der Waals surface area contributed by atoms with E-state index in [1.54, 1.807) is 6.92 Å². The molecule has 2 N–H and O–H groups in total. The highest BCUT2D eigenvalue weighted by Crippen LogP contribution is 1.76. The van der Waals surface area contributed by atoms with E-state index >= 15 is 0 Å². The van der Waals surface area contributed by atoms with Crippen molar-refractivity contribution in [1.29, 1.82) is 0 Å². The molecule has 2 nitrogen and oxygen atoms in total. The van der Waals surface area contributed by atoms with Gasteiger partial charge < -0.3 is 5.73 Å². The van der Waals surface area contributed by atoms with Crippen LogP contribution in [-0.4, -0.2) is 11.8 Å². The van der Waals surface area contributed by atoms with Gasteiger partial charge in [0, 0.05) is 0 Å². The van der Waals surface area contributed by atoms with E-state index in [2.05, 4.69) is 13.8 Å². The van der Waals surface area contributed by atoms with Gasteiger partial charge in [-0.2, -0.15) is 0 Å². The maximum atomic E-state index is 10.0. The number of carbonyl (C=O) groups is 1. The summed E-state index contributed by atoms with van der Waals surface area (Å²) in [5.74, 6) is 0.0370. The van der Waals surface area contributed by atoms with Crippen molar-refractivity contribution >= 4 is 5.78 Å². The molecule has 0 fully saturated rings. The number of nitrogens with two attached hydrogens (primary N) is 1. The first-order valence-electron chi connectivity index (χ1n) is 3.82. The minimum Gasteiger partial charge on any atom is -0.322 e. The molecule has 0 aromatic carbocycles. The highest BCUT2D eigenvalue weighted by Gasteiger charge is 1.95. The fourth-order valence-electron chi connectivity index (χ4n) is 0. The van der Waals surface area contributed by atoms with E-state index < -0.39 is 0 Å². The Morgan fingerprint density at radius 2 is 1.60 bits per heavy atom. The van der Waals surface area contributed by atoms with E-state index in [4.69, 9.17) is 5.73 Å². The largest absolute Gasteiger partial charge is 0.322 e. The molecule has 0 saturated heterocycles. The Kier molecular flexibility index (Phi) is 10.6. The predicted octanol–water partition coefficient (Wildman–Crippen LogP) is 1.73. The molecule has 0 radical (unpaired) electrons. The summed E-state index contributed by atoms with van der Waals surface area (Å²) in [6, 6.07) is -0.287. The highest BCUT2D eigenvalue weighted by atomic mass is 16.1. The second-order valence-corrected chi connectivity index (χ2v) is 2.40. The lowest BCUT2D eigenvalue weighted by Crippen LogP contribution is -2.23. The Labute approximate surface area is 63.8 Å². The topological polar surface area (TPSA) is 43.1 Å². The maximum absolute atomic E-state index is 10.0. The minimum atomic E-state index is -0.287. The summed E-state index contributed by atoms with van der Waals surface area (Å²) < 4.78 is 0. The first kappa shape index (κ1) is 12.3. The van der Waals surface area contributed by atoms with Gasteiger partial charge in [-0.1, -0.05) is 26.7 Å². The molecule has 0 aromatic rings. The van der Waals surface area contributed by atoms with Crippen LogP contribution in [0.4, 0.5) is 0 Å². The van der Waals surface area contributed by atoms with Crippen LogP contribution in [0, 0.1) is 0 Å². The van der Waals surface area contributed by atoms with Crippen LogP contribution in [0.25, 0.3) is 0 Å². The monoisotopic (exact) mass is 145 g/mol. The van der Waals surface area contributed by atoms with Crippen molar-refractivity contribution in [2.45, 2.75) is 46.6 Å². The smallest absolute Gasteiger partial charge is 0.146 e. The number of unbranched alkanes of at least 4 members (excludes halogenated alkanes) is 1. The first-order chi connectivity index (χ1) is 4.56. The zero-order chi connectivity index (χ0) is 8.57. The molecule has 0 bridgehead atoms. The average molecular weight is 145 g/mol. The zero-order valence-corrected chi connectivity index (χ0v) is 7.48. The Balaban J connectivity index is 0. The van der Waals surface area contributed by atoms with Crippen molar-refractivity contribution in [2.24, 2.45) is 5.73 Å². The van der Waals surface area contributed by atoms with Crippen LogP contribution in [0.5, 0.6) is 0 Å². The number of hydrogen-bond acceptors (Lipinski definition) is 2. The van der Waals surface area contributed by atoms with E-state index in [1.807, 2.05) is 0 Å². The number of rotatable bonds is 2. The Morgan fingerprint density at radius 3 is 1.60 bits per heavy atom. The van der Waals surface area contributed by atoms with Gasteiger partial charge in [-0.15, -0.1) is 0 Å². The van der Waals surface area contributed by atoms with Crippen LogP contribution < -0.4 is 5.73 Å². The van der Waals surface area contributed by atoms with Crippen LogP contribution in [0.15, 0.2) is 0 Å². The van der Waals surface area contributed by atoms with E-state index in [9.17, 15) is 4.79 Å². The standard InChI is InChI=1S/C4H9NO.C4H10/c1-3(5)4(2)6;1-3-4-2/h3H,5H2,1-2H3;3-4H2,1-2H3. The van der Waals surface area contributed by atoms with Gasteiger partial charge in [-0.3, -0.25) is 4.79 Å². The predicted molar refractivity (Wildman–Crippen MR) is 44.9 cm³/mol. The first-order valence-corrected chi connectivity index (χ1v) is 3.82. The molecule has 0 spiro atoms. The lowest BCUT2D eigenvalue weighted by atomic mass is 10.3. The second kappa shape index (κ2) is 8.63. The lowest BCUT2D eigenvalue weighted by molar-refractivity contribution is -0.117. The van der Waals surface area contributed by atoms with E-state index in [0.717, 1.165) is 0 Å².